The summed E-state index contributed by atoms with van der Waals surface area (Å²) in [6.07, 6.45) is -0.359. The van der Waals surface area contributed by atoms with Gasteiger partial charge in [-0.25, -0.2) is 0 Å². The van der Waals surface area contributed by atoms with Gasteiger partial charge in [0.15, 0.2) is 6.10 Å². The molecule has 0 fully saturated rings. The fourth-order valence-corrected chi connectivity index (χ4v) is 1.64. The van der Waals surface area contributed by atoms with Gasteiger partial charge in [-0.2, -0.15) is 0 Å². The highest BCUT2D eigenvalue weighted by atomic mass is 16.6. The second-order valence-electron chi connectivity index (χ2n) is 4.08. The number of hydrogen-bond donors (Lipinski definition) is 1. The monoisotopic (exact) mass is 252 g/mol. The predicted octanol–water partition coefficient (Wildman–Crippen LogP) is 1.85. The molecular weight excluding hydrogens is 236 g/mol. The van der Waals surface area contributed by atoms with Gasteiger partial charge < -0.3 is 10.5 Å². The third kappa shape index (κ3) is 2.97. The smallest absolute Gasteiger partial charge is 0.276 e. The second kappa shape index (κ2) is 5.48. The molecule has 0 aliphatic carbocycles. The summed E-state index contributed by atoms with van der Waals surface area (Å²) >= 11 is 0. The van der Waals surface area contributed by atoms with Crippen LogP contribution >= 0.6 is 0 Å². The Hall–Kier alpha value is -2.11. The molecule has 0 aliphatic heterocycles. The number of ether oxygens (including phenoxy) is 1. The molecule has 0 heterocycles. The van der Waals surface area contributed by atoms with Crippen molar-refractivity contribution in [2.24, 2.45) is 5.73 Å². The Bertz CT molecular complexity index is 485. The van der Waals surface area contributed by atoms with Crippen molar-refractivity contribution in [1.29, 1.82) is 0 Å². The van der Waals surface area contributed by atoms with E-state index in [2.05, 4.69) is 0 Å². The molecule has 0 radical (unpaired) electrons. The summed E-state index contributed by atoms with van der Waals surface area (Å²) < 4.78 is 5.42. The number of aryl methyl sites for hydroxylation is 2. The molecule has 1 unspecified atom stereocenters. The molecule has 0 saturated carbocycles. The van der Waals surface area contributed by atoms with Gasteiger partial charge in [0.1, 0.15) is 5.75 Å². The third-order valence-electron chi connectivity index (χ3n) is 2.65. The molecule has 0 spiro atoms. The van der Waals surface area contributed by atoms with Gasteiger partial charge in [0.2, 0.25) is 0 Å². The molecule has 0 saturated heterocycles. The Morgan fingerprint density at radius 2 is 2.06 bits per heavy atom. The Morgan fingerprint density at radius 1 is 1.44 bits per heavy atom. The molecule has 98 valence electrons. The molecule has 0 aromatic heterocycles. The van der Waals surface area contributed by atoms with Crippen LogP contribution in [0.2, 0.25) is 0 Å². The first-order chi connectivity index (χ1) is 8.36. The normalized spacial score (nSPS) is 11.9. The second-order valence-corrected chi connectivity index (χ2v) is 4.08. The van der Waals surface area contributed by atoms with Crippen molar-refractivity contribution in [3.05, 3.63) is 33.4 Å². The zero-order valence-corrected chi connectivity index (χ0v) is 10.6. The van der Waals surface area contributed by atoms with Crippen LogP contribution in [0.25, 0.3) is 0 Å². The summed E-state index contributed by atoms with van der Waals surface area (Å²) in [6.45, 7) is 5.17. The van der Waals surface area contributed by atoms with Crippen LogP contribution in [0.4, 0.5) is 5.69 Å². The minimum atomic E-state index is -0.772. The maximum atomic E-state index is 11.1. The molecule has 0 aliphatic rings. The van der Waals surface area contributed by atoms with Crippen molar-refractivity contribution in [2.45, 2.75) is 33.3 Å². The van der Waals surface area contributed by atoms with Crippen LogP contribution in [0.3, 0.4) is 0 Å². The summed E-state index contributed by atoms with van der Waals surface area (Å²) in [4.78, 5) is 21.4. The van der Waals surface area contributed by atoms with E-state index in [9.17, 15) is 14.9 Å². The fourth-order valence-electron chi connectivity index (χ4n) is 1.64. The van der Waals surface area contributed by atoms with Crippen molar-refractivity contribution in [2.75, 3.05) is 0 Å². The number of nitrogens with zero attached hydrogens (tertiary/aromatic N) is 1. The van der Waals surface area contributed by atoms with E-state index in [1.807, 2.05) is 0 Å². The molecule has 2 N–H and O–H groups in total. The van der Waals surface area contributed by atoms with Crippen molar-refractivity contribution in [1.82, 2.24) is 0 Å². The van der Waals surface area contributed by atoms with E-state index in [0.717, 1.165) is 5.56 Å². The molecule has 1 atom stereocenters. The minimum absolute atomic E-state index is 0.0325. The standard InChI is InChI=1S/C12H16N2O4/c1-4-10(12(13)15)18-11-6-9(14(16)17)7(2)5-8(11)3/h5-6,10H,4H2,1-3H3,(H2,13,15). The van der Waals surface area contributed by atoms with Gasteiger partial charge in [-0.05, 0) is 31.9 Å². The van der Waals surface area contributed by atoms with E-state index in [-0.39, 0.29) is 5.69 Å². The maximum absolute atomic E-state index is 11.1. The van der Waals surface area contributed by atoms with Crippen LogP contribution < -0.4 is 10.5 Å². The Balaban J connectivity index is 3.12. The molecule has 6 heteroatoms. The summed E-state index contributed by atoms with van der Waals surface area (Å²) in [6, 6.07) is 2.98. The van der Waals surface area contributed by atoms with E-state index in [1.165, 1.54) is 6.07 Å². The summed E-state index contributed by atoms with van der Waals surface area (Å²) in [5, 5.41) is 10.8. The Labute approximate surface area is 105 Å². The van der Waals surface area contributed by atoms with Crippen molar-refractivity contribution in [3.8, 4) is 5.75 Å². The predicted molar refractivity (Wildman–Crippen MR) is 66.5 cm³/mol. The quantitative estimate of drug-likeness (QED) is 0.639. The van der Waals surface area contributed by atoms with Gasteiger partial charge in [0, 0.05) is 5.56 Å². The number of hydrogen-bond acceptors (Lipinski definition) is 4. The lowest BCUT2D eigenvalue weighted by molar-refractivity contribution is -0.385. The summed E-state index contributed by atoms with van der Waals surface area (Å²) in [5.41, 5.74) is 6.43. The first-order valence-electron chi connectivity index (χ1n) is 5.58. The maximum Gasteiger partial charge on any atom is 0.276 e. The topological polar surface area (TPSA) is 95.5 Å². The third-order valence-corrected chi connectivity index (χ3v) is 2.65. The van der Waals surface area contributed by atoms with Gasteiger partial charge in [0.25, 0.3) is 11.6 Å². The van der Waals surface area contributed by atoms with E-state index in [1.54, 1.807) is 26.8 Å². The molecule has 1 rings (SSSR count). The lowest BCUT2D eigenvalue weighted by atomic mass is 10.1. The van der Waals surface area contributed by atoms with E-state index in [4.69, 9.17) is 10.5 Å². The summed E-state index contributed by atoms with van der Waals surface area (Å²) in [7, 11) is 0. The van der Waals surface area contributed by atoms with Gasteiger partial charge >= 0.3 is 0 Å². The number of nitrogens with two attached hydrogens (primary N) is 1. The SMILES string of the molecule is CCC(Oc1cc([N+](=O)[O-])c(C)cc1C)C(N)=O. The van der Waals surface area contributed by atoms with Crippen LogP contribution in [0, 0.1) is 24.0 Å². The molecule has 1 aromatic rings. The number of carbonyl (C=O) groups excluding carboxylic acids is 1. The fraction of sp³-hybridized carbons (Fsp3) is 0.417. The first kappa shape index (κ1) is 14.0. The Morgan fingerprint density at radius 3 is 2.50 bits per heavy atom. The highest BCUT2D eigenvalue weighted by Crippen LogP contribution is 2.29. The average Bonchev–Trinajstić information content (AvgIpc) is 2.26. The number of amides is 1. The Kier molecular flexibility index (Phi) is 4.25. The van der Waals surface area contributed by atoms with Crippen LogP contribution in [-0.4, -0.2) is 16.9 Å². The molecule has 0 bridgehead atoms. The highest BCUT2D eigenvalue weighted by Gasteiger charge is 2.19. The van der Waals surface area contributed by atoms with E-state index < -0.39 is 16.9 Å². The van der Waals surface area contributed by atoms with Gasteiger partial charge in [-0.1, -0.05) is 6.92 Å². The number of nitro benzene ring substituents is 1. The molecular formula is C12H16N2O4. The first-order valence-corrected chi connectivity index (χ1v) is 5.58. The molecule has 1 aromatic carbocycles. The highest BCUT2D eigenvalue weighted by molar-refractivity contribution is 5.79. The lowest BCUT2D eigenvalue weighted by Gasteiger charge is -2.16. The van der Waals surface area contributed by atoms with Gasteiger partial charge in [-0.3, -0.25) is 14.9 Å². The number of nitro groups is 1. The van der Waals surface area contributed by atoms with E-state index >= 15 is 0 Å². The summed E-state index contributed by atoms with van der Waals surface area (Å²) in [5.74, 6) is -0.266. The van der Waals surface area contributed by atoms with Crippen LogP contribution in [0.1, 0.15) is 24.5 Å². The van der Waals surface area contributed by atoms with Crippen LogP contribution in [0.5, 0.6) is 5.75 Å². The van der Waals surface area contributed by atoms with Crippen molar-refractivity contribution < 1.29 is 14.5 Å². The van der Waals surface area contributed by atoms with Crippen molar-refractivity contribution in [3.63, 3.8) is 0 Å². The van der Waals surface area contributed by atoms with Gasteiger partial charge in [0.05, 0.1) is 11.0 Å². The zero-order valence-electron chi connectivity index (χ0n) is 10.6. The minimum Gasteiger partial charge on any atom is -0.480 e. The molecule has 18 heavy (non-hydrogen) atoms. The number of primary amides is 1. The van der Waals surface area contributed by atoms with Gasteiger partial charge in [-0.15, -0.1) is 0 Å². The van der Waals surface area contributed by atoms with Crippen LogP contribution in [-0.2, 0) is 4.79 Å². The number of benzene rings is 1. The lowest BCUT2D eigenvalue weighted by Crippen LogP contribution is -2.33. The number of rotatable bonds is 5. The number of carbonyl (C=O) groups is 1. The van der Waals surface area contributed by atoms with E-state index in [0.29, 0.717) is 17.7 Å². The largest absolute Gasteiger partial charge is 0.480 e. The molecule has 1 amide bonds. The zero-order chi connectivity index (χ0) is 13.9. The average molecular weight is 252 g/mol. The van der Waals surface area contributed by atoms with Crippen molar-refractivity contribution >= 4 is 11.6 Å². The molecule has 6 nitrogen and oxygen atoms in total. The van der Waals surface area contributed by atoms with Crippen LogP contribution in [0.15, 0.2) is 12.1 Å².